The lowest BCUT2D eigenvalue weighted by molar-refractivity contribution is -0.127. The van der Waals surface area contributed by atoms with Crippen molar-refractivity contribution in [2.75, 3.05) is 6.54 Å². The average molecular weight is 291 g/mol. The Bertz CT molecular complexity index is 443. The Morgan fingerprint density at radius 2 is 2.29 bits per heavy atom. The van der Waals surface area contributed by atoms with Crippen molar-refractivity contribution in [2.24, 2.45) is 0 Å². The minimum Gasteiger partial charge on any atom is -0.479 e. The number of pyridine rings is 1. The van der Waals surface area contributed by atoms with Crippen molar-refractivity contribution < 1.29 is 9.53 Å². The van der Waals surface area contributed by atoms with Gasteiger partial charge in [0, 0.05) is 19.1 Å². The molecule has 1 aromatic rings. The first-order valence-corrected chi connectivity index (χ1v) is 7.81. The molecular weight excluding hydrogens is 266 g/mol. The fraction of sp³-hybridized carbons (Fsp3) is 0.625. The molecule has 5 nitrogen and oxygen atoms in total. The zero-order valence-corrected chi connectivity index (χ0v) is 12.9. The lowest BCUT2D eigenvalue weighted by Gasteiger charge is -2.14. The largest absolute Gasteiger partial charge is 0.479 e. The van der Waals surface area contributed by atoms with E-state index in [1.807, 2.05) is 12.1 Å². The van der Waals surface area contributed by atoms with Crippen molar-refractivity contribution in [1.82, 2.24) is 15.6 Å². The van der Waals surface area contributed by atoms with Crippen LogP contribution in [0, 0.1) is 0 Å². The first kappa shape index (κ1) is 15.8. The van der Waals surface area contributed by atoms with Crippen LogP contribution in [0.1, 0.15) is 45.2 Å². The van der Waals surface area contributed by atoms with Gasteiger partial charge in [-0.15, -0.1) is 0 Å². The maximum atomic E-state index is 11.8. The third-order valence-corrected chi connectivity index (χ3v) is 3.46. The normalized spacial score (nSPS) is 15.5. The van der Waals surface area contributed by atoms with Crippen molar-refractivity contribution in [1.29, 1.82) is 0 Å². The van der Waals surface area contributed by atoms with E-state index in [1.165, 1.54) is 12.8 Å². The highest BCUT2D eigenvalue weighted by Crippen LogP contribution is 2.19. The summed E-state index contributed by atoms with van der Waals surface area (Å²) >= 11 is 0. The monoisotopic (exact) mass is 291 g/mol. The molecule has 5 heteroatoms. The number of carbonyl (C=O) groups excluding carboxylic acids is 1. The van der Waals surface area contributed by atoms with Gasteiger partial charge < -0.3 is 15.4 Å². The number of ether oxygens (including phenoxy) is 1. The molecule has 0 bridgehead atoms. The highest BCUT2D eigenvalue weighted by molar-refractivity contribution is 5.80. The van der Waals surface area contributed by atoms with Gasteiger partial charge in [-0.3, -0.25) is 9.78 Å². The van der Waals surface area contributed by atoms with Gasteiger partial charge >= 0.3 is 0 Å². The number of aromatic nitrogens is 1. The Balaban J connectivity index is 1.74. The highest BCUT2D eigenvalue weighted by Gasteiger charge is 2.20. The van der Waals surface area contributed by atoms with Crippen LogP contribution in [0.25, 0.3) is 0 Å². The van der Waals surface area contributed by atoms with Gasteiger partial charge in [0.1, 0.15) is 5.75 Å². The Hall–Kier alpha value is -1.62. The van der Waals surface area contributed by atoms with Gasteiger partial charge in [-0.25, -0.2) is 0 Å². The number of hydrogen-bond donors (Lipinski definition) is 2. The lowest BCUT2D eigenvalue weighted by atomic mass is 10.3. The number of rotatable bonds is 9. The summed E-state index contributed by atoms with van der Waals surface area (Å²) in [7, 11) is 0. The van der Waals surface area contributed by atoms with Gasteiger partial charge in [0.05, 0.1) is 11.9 Å². The van der Waals surface area contributed by atoms with E-state index in [0.717, 1.165) is 25.1 Å². The first-order chi connectivity index (χ1) is 10.2. The molecule has 0 radical (unpaired) electrons. The summed E-state index contributed by atoms with van der Waals surface area (Å²) in [6, 6.07) is 4.48. The number of unbranched alkanes of at least 4 members (excludes halogenated alkanes) is 1. The fourth-order valence-corrected chi connectivity index (χ4v) is 1.91. The van der Waals surface area contributed by atoms with Gasteiger partial charge in [0.2, 0.25) is 0 Å². The Labute approximate surface area is 126 Å². The van der Waals surface area contributed by atoms with Crippen LogP contribution >= 0.6 is 0 Å². The maximum absolute atomic E-state index is 11.8. The molecule has 0 aliphatic heterocycles. The van der Waals surface area contributed by atoms with Crippen molar-refractivity contribution in [2.45, 2.75) is 58.2 Å². The average Bonchev–Trinajstić information content (AvgIpc) is 3.31. The second-order valence-electron chi connectivity index (χ2n) is 5.55. The van der Waals surface area contributed by atoms with Crippen molar-refractivity contribution in [3.05, 3.63) is 24.0 Å². The molecule has 0 aromatic carbocycles. The molecule has 1 aliphatic carbocycles. The third kappa shape index (κ3) is 5.71. The van der Waals surface area contributed by atoms with Gasteiger partial charge in [0.15, 0.2) is 6.10 Å². The zero-order valence-electron chi connectivity index (χ0n) is 12.9. The summed E-state index contributed by atoms with van der Waals surface area (Å²) in [6.45, 7) is 5.34. The summed E-state index contributed by atoms with van der Waals surface area (Å²) in [5.74, 6) is 0.547. The topological polar surface area (TPSA) is 63.2 Å². The Morgan fingerprint density at radius 1 is 1.48 bits per heavy atom. The van der Waals surface area contributed by atoms with Gasteiger partial charge in [-0.05, 0) is 38.3 Å². The van der Waals surface area contributed by atoms with E-state index in [-0.39, 0.29) is 5.91 Å². The van der Waals surface area contributed by atoms with Crippen LogP contribution in [0.5, 0.6) is 5.75 Å². The van der Waals surface area contributed by atoms with Gasteiger partial charge in [-0.1, -0.05) is 13.3 Å². The van der Waals surface area contributed by atoms with Crippen molar-refractivity contribution in [3.63, 3.8) is 0 Å². The lowest BCUT2D eigenvalue weighted by Crippen LogP contribution is -2.36. The molecule has 1 unspecified atom stereocenters. The minimum absolute atomic E-state index is 0.0806. The molecule has 0 saturated heterocycles. The smallest absolute Gasteiger partial charge is 0.260 e. The molecular formula is C16H25N3O2. The second-order valence-corrected chi connectivity index (χ2v) is 5.55. The molecule has 1 amide bonds. The highest BCUT2D eigenvalue weighted by atomic mass is 16.5. The predicted molar refractivity (Wildman–Crippen MR) is 82.1 cm³/mol. The Morgan fingerprint density at radius 3 is 2.90 bits per heavy atom. The van der Waals surface area contributed by atoms with Crippen LogP contribution in [0.3, 0.4) is 0 Å². The predicted octanol–water partition coefficient (Wildman–Crippen LogP) is 2.02. The van der Waals surface area contributed by atoms with Crippen LogP contribution in [0.4, 0.5) is 0 Å². The van der Waals surface area contributed by atoms with Gasteiger partial charge in [0.25, 0.3) is 5.91 Å². The minimum atomic E-state index is -0.501. The molecule has 1 aromatic heterocycles. The van der Waals surface area contributed by atoms with E-state index in [9.17, 15) is 4.79 Å². The number of carbonyl (C=O) groups is 1. The van der Waals surface area contributed by atoms with E-state index in [2.05, 4.69) is 22.5 Å². The van der Waals surface area contributed by atoms with Crippen LogP contribution in [0.15, 0.2) is 18.3 Å². The fourth-order valence-electron chi connectivity index (χ4n) is 1.91. The zero-order chi connectivity index (χ0) is 15.1. The SMILES string of the molecule is CCCCNC(=O)C(C)Oc1ccc(CNC2CC2)nc1. The molecule has 21 heavy (non-hydrogen) atoms. The van der Waals surface area contributed by atoms with E-state index >= 15 is 0 Å². The third-order valence-electron chi connectivity index (χ3n) is 3.46. The molecule has 1 atom stereocenters. The Kier molecular flexibility index (Phi) is 5.99. The molecule has 2 rings (SSSR count). The second kappa shape index (κ2) is 7.98. The quantitative estimate of drug-likeness (QED) is 0.683. The van der Waals surface area contributed by atoms with E-state index < -0.39 is 6.10 Å². The summed E-state index contributed by atoms with van der Waals surface area (Å²) in [5.41, 5.74) is 0.995. The molecule has 1 aliphatic rings. The molecule has 1 fully saturated rings. The van der Waals surface area contributed by atoms with Crippen molar-refractivity contribution in [3.8, 4) is 5.75 Å². The van der Waals surface area contributed by atoms with Crippen LogP contribution in [-0.2, 0) is 11.3 Å². The van der Waals surface area contributed by atoms with Gasteiger partial charge in [-0.2, -0.15) is 0 Å². The first-order valence-electron chi connectivity index (χ1n) is 7.81. The molecule has 1 saturated carbocycles. The van der Waals surface area contributed by atoms with E-state index in [0.29, 0.717) is 18.3 Å². The standard InChI is InChI=1S/C16H25N3O2/c1-3-4-9-17-16(20)12(2)21-15-8-7-14(19-11-15)10-18-13-5-6-13/h7-8,11-13,18H,3-6,9-10H2,1-2H3,(H,17,20). The summed E-state index contributed by atoms with van der Waals surface area (Å²) in [5, 5.41) is 6.27. The summed E-state index contributed by atoms with van der Waals surface area (Å²) in [4.78, 5) is 16.2. The maximum Gasteiger partial charge on any atom is 0.260 e. The van der Waals surface area contributed by atoms with Crippen LogP contribution in [0.2, 0.25) is 0 Å². The number of nitrogens with zero attached hydrogens (tertiary/aromatic N) is 1. The van der Waals surface area contributed by atoms with E-state index in [4.69, 9.17) is 4.74 Å². The summed E-state index contributed by atoms with van der Waals surface area (Å²) < 4.78 is 5.60. The van der Waals surface area contributed by atoms with Crippen LogP contribution < -0.4 is 15.4 Å². The molecule has 1 heterocycles. The van der Waals surface area contributed by atoms with E-state index in [1.54, 1.807) is 13.1 Å². The number of amides is 1. The molecule has 0 spiro atoms. The molecule has 2 N–H and O–H groups in total. The molecule has 116 valence electrons. The van der Waals surface area contributed by atoms with Crippen LogP contribution in [-0.4, -0.2) is 29.6 Å². The summed E-state index contributed by atoms with van der Waals surface area (Å²) in [6.07, 6.45) is 5.77. The number of nitrogens with one attached hydrogen (secondary N) is 2. The number of hydrogen-bond acceptors (Lipinski definition) is 4. The van der Waals surface area contributed by atoms with Crippen molar-refractivity contribution >= 4 is 5.91 Å².